The highest BCUT2D eigenvalue weighted by molar-refractivity contribution is 6.35. The molecule has 2 N–H and O–H groups in total. The molecule has 0 spiro atoms. The first-order chi connectivity index (χ1) is 18.8. The molecule has 1 aliphatic heterocycles. The highest BCUT2D eigenvalue weighted by Crippen LogP contribution is 2.32. The molecule has 0 fully saturated rings. The van der Waals surface area contributed by atoms with Crippen LogP contribution in [-0.4, -0.2) is 37.6 Å². The van der Waals surface area contributed by atoms with E-state index in [0.29, 0.717) is 46.8 Å². The lowest BCUT2D eigenvalue weighted by atomic mass is 10.1. The lowest BCUT2D eigenvalue weighted by molar-refractivity contribution is 0.0985. The number of anilines is 2. The minimum Gasteiger partial charge on any atom is -0.493 e. The fourth-order valence-electron chi connectivity index (χ4n) is 4.62. The molecule has 0 radical (unpaired) electrons. The van der Waals surface area contributed by atoms with Crippen LogP contribution in [0, 0.1) is 0 Å². The van der Waals surface area contributed by atoms with Crippen LogP contribution >= 0.6 is 23.2 Å². The van der Waals surface area contributed by atoms with Gasteiger partial charge in [0.25, 0.3) is 11.8 Å². The molecule has 0 aromatic heterocycles. The van der Waals surface area contributed by atoms with Crippen LogP contribution in [0.1, 0.15) is 65.8 Å². The first kappa shape index (κ1) is 28.9. The maximum atomic E-state index is 13.5. The monoisotopic (exact) mass is 567 g/mol. The number of nitrogens with one attached hydrogen (secondary N) is 2. The van der Waals surface area contributed by atoms with Gasteiger partial charge in [0, 0.05) is 29.0 Å². The lowest BCUT2D eigenvalue weighted by Gasteiger charge is -2.24. The summed E-state index contributed by atoms with van der Waals surface area (Å²) in [5, 5.41) is 7.21. The van der Waals surface area contributed by atoms with Gasteiger partial charge in [-0.2, -0.15) is 0 Å². The Morgan fingerprint density at radius 1 is 0.974 bits per heavy atom. The molecular weight excluding hydrogens is 533 g/mol. The number of rotatable bonds is 10. The van der Waals surface area contributed by atoms with E-state index in [1.54, 1.807) is 47.4 Å². The summed E-state index contributed by atoms with van der Waals surface area (Å²) in [5.74, 6) is 0.0517. The zero-order valence-electron chi connectivity index (χ0n) is 22.4. The fourth-order valence-corrected chi connectivity index (χ4v) is 5.08. The van der Waals surface area contributed by atoms with Gasteiger partial charge in [-0.25, -0.2) is 0 Å². The third-order valence-corrected chi connectivity index (χ3v) is 7.17. The molecule has 3 aromatic carbocycles. The number of para-hydroxylation sites is 1. The van der Waals surface area contributed by atoms with Crippen LogP contribution in [0.2, 0.25) is 10.0 Å². The molecular formula is C31H35Cl2N3O3. The van der Waals surface area contributed by atoms with Gasteiger partial charge in [0.1, 0.15) is 5.75 Å². The Balaban J connectivity index is 1.42. The number of halogens is 2. The molecule has 0 saturated carbocycles. The molecule has 39 heavy (non-hydrogen) atoms. The summed E-state index contributed by atoms with van der Waals surface area (Å²) in [6.45, 7) is 6.30. The predicted molar refractivity (Wildman–Crippen MR) is 160 cm³/mol. The molecule has 4 rings (SSSR count). The minimum absolute atomic E-state index is 0.175. The van der Waals surface area contributed by atoms with Gasteiger partial charge in [-0.15, -0.1) is 0 Å². The van der Waals surface area contributed by atoms with Crippen molar-refractivity contribution >= 4 is 46.4 Å². The van der Waals surface area contributed by atoms with E-state index in [-0.39, 0.29) is 16.8 Å². The zero-order chi connectivity index (χ0) is 27.8. The molecule has 1 aliphatic rings. The Morgan fingerprint density at radius 2 is 1.79 bits per heavy atom. The van der Waals surface area contributed by atoms with Gasteiger partial charge >= 0.3 is 0 Å². The molecule has 0 unspecified atom stereocenters. The van der Waals surface area contributed by atoms with Crippen LogP contribution in [0.5, 0.6) is 5.75 Å². The SMILES string of the molecule is CC(C)NCCCCOc1ccccc1C(=O)Nc1ccc(C(=O)N2CCCCc3cc(Cl)ccc32)c(Cl)c1. The van der Waals surface area contributed by atoms with E-state index in [0.717, 1.165) is 49.9 Å². The number of carbonyl (C=O) groups is 2. The van der Waals surface area contributed by atoms with Crippen LogP contribution in [0.15, 0.2) is 60.7 Å². The average Bonchev–Trinajstić information content (AvgIpc) is 3.12. The van der Waals surface area contributed by atoms with Crippen LogP contribution in [0.25, 0.3) is 0 Å². The van der Waals surface area contributed by atoms with Crippen LogP contribution < -0.4 is 20.3 Å². The van der Waals surface area contributed by atoms with Gasteiger partial charge in [0.15, 0.2) is 0 Å². The summed E-state index contributed by atoms with van der Waals surface area (Å²) >= 11 is 12.8. The number of nitrogens with zero attached hydrogens (tertiary/aromatic N) is 1. The van der Waals surface area contributed by atoms with Crippen molar-refractivity contribution < 1.29 is 14.3 Å². The molecule has 1 heterocycles. The molecule has 0 atom stereocenters. The Labute approximate surface area is 240 Å². The van der Waals surface area contributed by atoms with E-state index in [9.17, 15) is 9.59 Å². The fraction of sp³-hybridized carbons (Fsp3) is 0.355. The number of hydrogen-bond acceptors (Lipinski definition) is 4. The Bertz CT molecular complexity index is 1310. The molecule has 3 aromatic rings. The van der Waals surface area contributed by atoms with Gasteiger partial charge in [-0.3, -0.25) is 9.59 Å². The van der Waals surface area contributed by atoms with E-state index in [1.165, 1.54) is 0 Å². The largest absolute Gasteiger partial charge is 0.493 e. The van der Waals surface area contributed by atoms with Crippen molar-refractivity contribution in [2.45, 2.75) is 52.0 Å². The first-order valence-corrected chi connectivity index (χ1v) is 14.3. The third kappa shape index (κ3) is 7.75. The molecule has 6 nitrogen and oxygen atoms in total. The highest BCUT2D eigenvalue weighted by atomic mass is 35.5. The molecule has 0 saturated heterocycles. The summed E-state index contributed by atoms with van der Waals surface area (Å²) in [6, 6.07) is 18.2. The summed E-state index contributed by atoms with van der Waals surface area (Å²) in [7, 11) is 0. The van der Waals surface area contributed by atoms with E-state index in [2.05, 4.69) is 24.5 Å². The van der Waals surface area contributed by atoms with Crippen molar-refractivity contribution in [1.29, 1.82) is 0 Å². The Hall–Kier alpha value is -3.06. The third-order valence-electron chi connectivity index (χ3n) is 6.63. The molecule has 8 heteroatoms. The van der Waals surface area contributed by atoms with Crippen LogP contribution in [-0.2, 0) is 6.42 Å². The van der Waals surface area contributed by atoms with Gasteiger partial charge in [-0.05, 0) is 92.7 Å². The van der Waals surface area contributed by atoms with E-state index < -0.39 is 0 Å². The summed E-state index contributed by atoms with van der Waals surface area (Å²) in [6.07, 6.45) is 4.62. The smallest absolute Gasteiger partial charge is 0.259 e. The second-order valence-corrected chi connectivity index (χ2v) is 10.8. The normalized spacial score (nSPS) is 13.1. The summed E-state index contributed by atoms with van der Waals surface area (Å²) in [4.78, 5) is 28.4. The summed E-state index contributed by atoms with van der Waals surface area (Å²) in [5.41, 5.74) is 3.24. The number of amides is 2. The van der Waals surface area contributed by atoms with Crippen molar-refractivity contribution in [2.75, 3.05) is 29.9 Å². The van der Waals surface area contributed by atoms with Crippen LogP contribution in [0.4, 0.5) is 11.4 Å². The summed E-state index contributed by atoms with van der Waals surface area (Å²) < 4.78 is 5.92. The van der Waals surface area contributed by atoms with E-state index in [1.807, 2.05) is 18.2 Å². The first-order valence-electron chi connectivity index (χ1n) is 13.5. The second kappa shape index (κ2) is 13.8. The van der Waals surface area contributed by atoms with Gasteiger partial charge in [0.05, 0.1) is 22.8 Å². The number of fused-ring (bicyclic) bond motifs is 1. The van der Waals surface area contributed by atoms with Gasteiger partial charge < -0.3 is 20.3 Å². The Kier molecular flexibility index (Phi) is 10.3. The number of carbonyl (C=O) groups excluding carboxylic acids is 2. The van der Waals surface area contributed by atoms with Crippen molar-refractivity contribution in [3.63, 3.8) is 0 Å². The number of benzene rings is 3. The van der Waals surface area contributed by atoms with Gasteiger partial charge in [-0.1, -0.05) is 49.2 Å². The van der Waals surface area contributed by atoms with Gasteiger partial charge in [0.2, 0.25) is 0 Å². The zero-order valence-corrected chi connectivity index (χ0v) is 23.9. The minimum atomic E-state index is -0.305. The molecule has 206 valence electrons. The average molecular weight is 569 g/mol. The standard InChI is InChI=1S/C31H35Cl2N3O3/c1-21(2)34-16-6-8-18-39-29-11-4-3-10-26(29)30(37)35-24-13-14-25(27(33)20-24)31(38)36-17-7-5-9-22-19-23(32)12-15-28(22)36/h3-4,10-15,19-21,34H,5-9,16-18H2,1-2H3,(H,35,37). The van der Waals surface area contributed by atoms with Crippen molar-refractivity contribution in [3.8, 4) is 5.75 Å². The molecule has 2 amide bonds. The number of unbranched alkanes of at least 4 members (excludes halogenated alkanes) is 1. The number of ether oxygens (including phenoxy) is 1. The van der Waals surface area contributed by atoms with Crippen molar-refractivity contribution in [2.24, 2.45) is 0 Å². The maximum Gasteiger partial charge on any atom is 0.259 e. The molecule has 0 aliphatic carbocycles. The lowest BCUT2D eigenvalue weighted by Crippen LogP contribution is -2.32. The van der Waals surface area contributed by atoms with E-state index >= 15 is 0 Å². The second-order valence-electron chi connectivity index (χ2n) is 10.00. The topological polar surface area (TPSA) is 70.7 Å². The predicted octanol–water partition coefficient (Wildman–Crippen LogP) is 7.39. The maximum absolute atomic E-state index is 13.5. The van der Waals surface area contributed by atoms with Crippen LogP contribution in [0.3, 0.4) is 0 Å². The number of aryl methyl sites for hydroxylation is 1. The number of hydrogen-bond donors (Lipinski definition) is 2. The van der Waals surface area contributed by atoms with Crippen molar-refractivity contribution in [1.82, 2.24) is 5.32 Å². The highest BCUT2D eigenvalue weighted by Gasteiger charge is 2.24. The molecule has 0 bridgehead atoms. The van der Waals surface area contributed by atoms with Crippen molar-refractivity contribution in [3.05, 3.63) is 87.4 Å². The Morgan fingerprint density at radius 3 is 2.59 bits per heavy atom. The van der Waals surface area contributed by atoms with E-state index in [4.69, 9.17) is 27.9 Å². The quantitative estimate of drug-likeness (QED) is 0.250.